The number of halogens is 1. The molecule has 9 heteroatoms. The van der Waals surface area contributed by atoms with E-state index in [0.717, 1.165) is 54.6 Å². The Morgan fingerprint density at radius 3 is 2.76 bits per heavy atom. The van der Waals surface area contributed by atoms with E-state index in [1.807, 2.05) is 7.05 Å². The van der Waals surface area contributed by atoms with Crippen LogP contribution in [-0.2, 0) is 18.2 Å². The maximum absolute atomic E-state index is 13.2. The van der Waals surface area contributed by atoms with Gasteiger partial charge in [0.2, 0.25) is 0 Å². The molecule has 0 aliphatic carbocycles. The zero-order valence-corrected chi connectivity index (χ0v) is 18.3. The molecule has 3 aromatic rings. The number of anilines is 1. The molecule has 7 nitrogen and oxygen atoms in total. The number of para-hydroxylation sites is 1. The summed E-state index contributed by atoms with van der Waals surface area (Å²) in [6.45, 7) is 6.78. The van der Waals surface area contributed by atoms with Crippen molar-refractivity contribution in [2.75, 3.05) is 44.3 Å². The Hall–Kier alpha value is -2.00. The van der Waals surface area contributed by atoms with Crippen LogP contribution in [0.25, 0.3) is 10.2 Å². The summed E-state index contributed by atoms with van der Waals surface area (Å²) in [6.07, 6.45) is 2.71. The molecule has 0 unspecified atom stereocenters. The highest BCUT2D eigenvalue weighted by Crippen LogP contribution is 2.31. The number of carbonyl (C=O) groups is 1. The van der Waals surface area contributed by atoms with E-state index in [4.69, 9.17) is 9.72 Å². The number of hydrogen-bond acceptors (Lipinski definition) is 6. The quantitative estimate of drug-likeness (QED) is 0.595. The molecule has 0 spiro atoms. The molecule has 3 heterocycles. The topological polar surface area (TPSA) is 63.5 Å². The number of hydrogen-bond donors (Lipinski definition) is 0. The van der Waals surface area contributed by atoms with E-state index in [1.165, 1.54) is 5.56 Å². The molecule has 2 aromatic heterocycles. The first-order valence-electron chi connectivity index (χ1n) is 9.65. The van der Waals surface area contributed by atoms with Gasteiger partial charge in [-0.05, 0) is 24.1 Å². The maximum atomic E-state index is 13.2. The van der Waals surface area contributed by atoms with Crippen LogP contribution in [0.4, 0.5) is 5.13 Å². The third-order valence-electron chi connectivity index (χ3n) is 5.02. The van der Waals surface area contributed by atoms with Crippen molar-refractivity contribution in [3.63, 3.8) is 0 Å². The highest BCUT2D eigenvalue weighted by atomic mass is 35.5. The Morgan fingerprint density at radius 2 is 2.07 bits per heavy atom. The highest BCUT2D eigenvalue weighted by molar-refractivity contribution is 7.22. The van der Waals surface area contributed by atoms with Crippen molar-refractivity contribution in [2.45, 2.75) is 13.3 Å². The maximum Gasteiger partial charge on any atom is 0.280 e. The fourth-order valence-corrected chi connectivity index (χ4v) is 4.45. The number of morpholine rings is 1. The highest BCUT2D eigenvalue weighted by Gasteiger charge is 2.24. The van der Waals surface area contributed by atoms with E-state index in [-0.39, 0.29) is 18.3 Å². The molecule has 0 radical (unpaired) electrons. The number of nitrogens with zero attached hydrogens (tertiary/aromatic N) is 5. The van der Waals surface area contributed by atoms with Gasteiger partial charge in [0.25, 0.3) is 5.91 Å². The van der Waals surface area contributed by atoms with Gasteiger partial charge in [-0.25, -0.2) is 4.98 Å². The van der Waals surface area contributed by atoms with Crippen molar-refractivity contribution in [1.82, 2.24) is 19.7 Å². The minimum atomic E-state index is -0.106. The van der Waals surface area contributed by atoms with Crippen LogP contribution in [0.2, 0.25) is 0 Å². The van der Waals surface area contributed by atoms with Crippen molar-refractivity contribution in [3.05, 3.63) is 41.7 Å². The van der Waals surface area contributed by atoms with Crippen molar-refractivity contribution in [3.8, 4) is 0 Å². The molecular formula is C20H26ClN5O2S. The summed E-state index contributed by atoms with van der Waals surface area (Å²) in [7, 11) is 1.82. The molecule has 1 aliphatic rings. The van der Waals surface area contributed by atoms with Crippen molar-refractivity contribution >= 4 is 45.0 Å². The number of fused-ring (bicyclic) bond motifs is 1. The number of aryl methyl sites for hydroxylation is 2. The predicted molar refractivity (Wildman–Crippen MR) is 118 cm³/mol. The Kier molecular flexibility index (Phi) is 7.23. The average molecular weight is 436 g/mol. The first kappa shape index (κ1) is 21.7. The average Bonchev–Trinajstić information content (AvgIpc) is 3.34. The number of aromatic nitrogens is 3. The monoisotopic (exact) mass is 435 g/mol. The van der Waals surface area contributed by atoms with Gasteiger partial charge < -0.3 is 4.74 Å². The van der Waals surface area contributed by atoms with Crippen LogP contribution in [0.3, 0.4) is 0 Å². The molecule has 0 bridgehead atoms. The van der Waals surface area contributed by atoms with E-state index in [9.17, 15) is 4.79 Å². The van der Waals surface area contributed by atoms with E-state index in [1.54, 1.807) is 33.2 Å². The number of ether oxygens (including phenoxy) is 1. The normalized spacial score (nSPS) is 14.7. The molecule has 1 fully saturated rings. The fourth-order valence-electron chi connectivity index (χ4n) is 3.41. The molecule has 0 N–H and O–H groups in total. The lowest BCUT2D eigenvalue weighted by Crippen LogP contribution is -2.43. The van der Waals surface area contributed by atoms with Gasteiger partial charge in [0, 0.05) is 39.4 Å². The van der Waals surface area contributed by atoms with Crippen LogP contribution in [0, 0.1) is 0 Å². The van der Waals surface area contributed by atoms with Crippen LogP contribution in [0.15, 0.2) is 30.5 Å². The van der Waals surface area contributed by atoms with Crippen LogP contribution in [0.1, 0.15) is 23.0 Å². The summed E-state index contributed by atoms with van der Waals surface area (Å²) < 4.78 is 8.20. The van der Waals surface area contributed by atoms with Gasteiger partial charge in [-0.2, -0.15) is 5.10 Å². The van der Waals surface area contributed by atoms with Crippen molar-refractivity contribution < 1.29 is 9.53 Å². The minimum Gasteiger partial charge on any atom is -0.379 e. The molecule has 29 heavy (non-hydrogen) atoms. The summed E-state index contributed by atoms with van der Waals surface area (Å²) in [6, 6.07) is 7.99. The van der Waals surface area contributed by atoms with Gasteiger partial charge in [0.15, 0.2) is 10.8 Å². The SMILES string of the molecule is CCc1cccc2sc(N(CCN3CCOCC3)C(=O)c3ccn(C)n3)nc12.Cl. The molecule has 156 valence electrons. The molecule has 1 saturated heterocycles. The largest absolute Gasteiger partial charge is 0.379 e. The number of thiazole rings is 1. The predicted octanol–water partition coefficient (Wildman–Crippen LogP) is 2.99. The van der Waals surface area contributed by atoms with Gasteiger partial charge >= 0.3 is 0 Å². The number of carbonyl (C=O) groups excluding carboxylic acids is 1. The number of rotatable bonds is 6. The van der Waals surface area contributed by atoms with Crippen LogP contribution in [0.5, 0.6) is 0 Å². The minimum absolute atomic E-state index is 0. The third-order valence-corrected chi connectivity index (χ3v) is 6.07. The van der Waals surface area contributed by atoms with E-state index in [0.29, 0.717) is 12.2 Å². The van der Waals surface area contributed by atoms with Crippen LogP contribution >= 0.6 is 23.7 Å². The Labute approximate surface area is 180 Å². The van der Waals surface area contributed by atoms with Gasteiger partial charge in [0.1, 0.15) is 0 Å². The first-order valence-corrected chi connectivity index (χ1v) is 10.5. The number of benzene rings is 1. The van der Waals surface area contributed by atoms with E-state index >= 15 is 0 Å². The Morgan fingerprint density at radius 1 is 1.28 bits per heavy atom. The molecule has 4 rings (SSSR count). The fraction of sp³-hybridized carbons (Fsp3) is 0.450. The second-order valence-corrected chi connectivity index (χ2v) is 7.91. The zero-order chi connectivity index (χ0) is 19.5. The van der Waals surface area contributed by atoms with Crippen molar-refractivity contribution in [1.29, 1.82) is 0 Å². The first-order chi connectivity index (χ1) is 13.7. The molecule has 0 saturated carbocycles. The molecule has 0 atom stereocenters. The Balaban J connectivity index is 0.00000240. The second kappa shape index (κ2) is 9.67. The summed E-state index contributed by atoms with van der Waals surface area (Å²) in [5, 5.41) is 5.04. The zero-order valence-electron chi connectivity index (χ0n) is 16.7. The van der Waals surface area contributed by atoms with E-state index in [2.05, 4.69) is 35.1 Å². The third kappa shape index (κ3) is 4.78. The van der Waals surface area contributed by atoms with Crippen LogP contribution in [-0.4, -0.2) is 65.0 Å². The van der Waals surface area contributed by atoms with Gasteiger partial charge in [-0.1, -0.05) is 30.4 Å². The molecular weight excluding hydrogens is 410 g/mol. The molecule has 1 aliphatic heterocycles. The Bertz CT molecular complexity index is 967. The lowest BCUT2D eigenvalue weighted by Gasteiger charge is -2.29. The summed E-state index contributed by atoms with van der Waals surface area (Å²) in [5.41, 5.74) is 2.65. The van der Waals surface area contributed by atoms with Gasteiger partial charge in [-0.3, -0.25) is 19.3 Å². The molecule has 1 amide bonds. The smallest absolute Gasteiger partial charge is 0.280 e. The van der Waals surface area contributed by atoms with Gasteiger partial charge in [-0.15, -0.1) is 12.4 Å². The number of amides is 1. The van der Waals surface area contributed by atoms with E-state index < -0.39 is 0 Å². The second-order valence-electron chi connectivity index (χ2n) is 6.90. The van der Waals surface area contributed by atoms with Crippen molar-refractivity contribution in [2.24, 2.45) is 7.05 Å². The van der Waals surface area contributed by atoms with Gasteiger partial charge in [0.05, 0.1) is 23.4 Å². The molecule has 1 aromatic carbocycles. The summed E-state index contributed by atoms with van der Waals surface area (Å²) in [5.74, 6) is -0.106. The lowest BCUT2D eigenvalue weighted by molar-refractivity contribution is 0.0391. The summed E-state index contributed by atoms with van der Waals surface area (Å²) >= 11 is 1.57. The van der Waals surface area contributed by atoms with Crippen LogP contribution < -0.4 is 4.90 Å². The lowest BCUT2D eigenvalue weighted by atomic mass is 10.1. The standard InChI is InChI=1S/C20H25N5O2S.ClH/c1-3-15-5-4-6-17-18(15)21-20(28-17)25(10-9-24-11-13-27-14-12-24)19(26)16-7-8-23(2)22-16;/h4-8H,3,9-14H2,1-2H3;1H. The summed E-state index contributed by atoms with van der Waals surface area (Å²) in [4.78, 5) is 22.2.